The Hall–Kier alpha value is -4.40. The Kier molecular flexibility index (Phi) is 7.53. The van der Waals surface area contributed by atoms with Gasteiger partial charge in [-0.2, -0.15) is 0 Å². The van der Waals surface area contributed by atoms with Gasteiger partial charge in [0.25, 0.3) is 0 Å². The van der Waals surface area contributed by atoms with Crippen LogP contribution in [0.4, 0.5) is 5.69 Å². The van der Waals surface area contributed by atoms with Crippen molar-refractivity contribution in [3.8, 4) is 11.5 Å². The van der Waals surface area contributed by atoms with Crippen LogP contribution >= 0.6 is 0 Å². The number of methoxy groups -OCH3 is 2. The van der Waals surface area contributed by atoms with Crippen molar-refractivity contribution in [3.63, 3.8) is 0 Å². The van der Waals surface area contributed by atoms with Crippen molar-refractivity contribution in [3.05, 3.63) is 78.4 Å². The highest BCUT2D eigenvalue weighted by Crippen LogP contribution is 2.36. The van der Waals surface area contributed by atoms with Crippen LogP contribution in [0.15, 0.2) is 72.8 Å². The molecule has 0 aliphatic heterocycles. The summed E-state index contributed by atoms with van der Waals surface area (Å²) in [5.74, 6) is 0.481. The second kappa shape index (κ2) is 11.3. The highest BCUT2D eigenvalue weighted by Gasteiger charge is 2.36. The molecule has 9 heteroatoms. The van der Waals surface area contributed by atoms with Crippen molar-refractivity contribution in [1.82, 2.24) is 20.3 Å². The number of fused-ring (bicyclic) bond motifs is 1. The first-order chi connectivity index (χ1) is 18.6. The predicted octanol–water partition coefficient (Wildman–Crippen LogP) is 4.28. The van der Waals surface area contributed by atoms with Gasteiger partial charge < -0.3 is 14.8 Å². The lowest BCUT2D eigenvalue weighted by atomic mass is 10.0. The standard InChI is InChI=1S/C29H31N5O4/c1-37-22-13-9-10-20(18-22)28(29(36)30-21-11-3-4-12-21)34(25-16-7-8-17-26(25)38-2)27(35)19-33-24-15-6-5-14-23(24)31-32-33/h5-10,13-18,21,28H,3-4,11-12,19H2,1-2H3,(H,30,36)/t28-/m1/s1. The maximum Gasteiger partial charge on any atom is 0.249 e. The zero-order valence-electron chi connectivity index (χ0n) is 21.5. The fourth-order valence-corrected chi connectivity index (χ4v) is 5.06. The molecule has 1 saturated carbocycles. The Balaban J connectivity index is 1.61. The molecule has 1 aromatic heterocycles. The molecule has 0 saturated heterocycles. The Morgan fingerprint density at radius 2 is 1.76 bits per heavy atom. The minimum absolute atomic E-state index is 0.0736. The van der Waals surface area contributed by atoms with E-state index in [4.69, 9.17) is 9.47 Å². The molecule has 3 aromatic carbocycles. The molecule has 5 rings (SSSR count). The Morgan fingerprint density at radius 3 is 2.55 bits per heavy atom. The van der Waals surface area contributed by atoms with Gasteiger partial charge in [-0.05, 0) is 54.8 Å². The van der Waals surface area contributed by atoms with Gasteiger partial charge in [-0.15, -0.1) is 5.10 Å². The van der Waals surface area contributed by atoms with E-state index in [2.05, 4.69) is 15.6 Å². The quantitative estimate of drug-likeness (QED) is 0.359. The Labute approximate surface area is 221 Å². The molecule has 196 valence electrons. The Bertz CT molecular complexity index is 1430. The second-order valence-corrected chi connectivity index (χ2v) is 9.34. The first kappa shape index (κ1) is 25.3. The van der Waals surface area contributed by atoms with E-state index in [-0.39, 0.29) is 24.4 Å². The van der Waals surface area contributed by atoms with Crippen LogP contribution in [-0.2, 0) is 16.1 Å². The number of rotatable bonds is 9. The lowest BCUT2D eigenvalue weighted by molar-refractivity contribution is -0.127. The lowest BCUT2D eigenvalue weighted by Crippen LogP contribution is -2.47. The molecular formula is C29H31N5O4. The molecule has 2 amide bonds. The number of amides is 2. The zero-order chi connectivity index (χ0) is 26.5. The average molecular weight is 514 g/mol. The maximum absolute atomic E-state index is 14.2. The van der Waals surface area contributed by atoms with E-state index in [1.54, 1.807) is 37.1 Å². The van der Waals surface area contributed by atoms with Gasteiger partial charge in [0.1, 0.15) is 29.6 Å². The number of nitrogens with zero attached hydrogens (tertiary/aromatic N) is 4. The molecule has 0 unspecified atom stereocenters. The summed E-state index contributed by atoms with van der Waals surface area (Å²) in [6.07, 6.45) is 3.99. The van der Waals surface area contributed by atoms with Gasteiger partial charge in [0.2, 0.25) is 11.8 Å². The highest BCUT2D eigenvalue weighted by molar-refractivity contribution is 6.02. The van der Waals surface area contributed by atoms with Gasteiger partial charge in [0, 0.05) is 6.04 Å². The summed E-state index contributed by atoms with van der Waals surface area (Å²) in [6.45, 7) is -0.115. The van der Waals surface area contributed by atoms with Crippen LogP contribution in [0.3, 0.4) is 0 Å². The fraction of sp³-hybridized carbons (Fsp3) is 0.310. The van der Waals surface area contributed by atoms with Crippen molar-refractivity contribution in [2.45, 2.75) is 44.3 Å². The molecule has 0 radical (unpaired) electrons. The van der Waals surface area contributed by atoms with Crippen LogP contribution in [0.1, 0.15) is 37.3 Å². The topological polar surface area (TPSA) is 98.6 Å². The number of para-hydroxylation sites is 3. The number of nitrogens with one attached hydrogen (secondary N) is 1. The molecule has 1 N–H and O–H groups in total. The fourth-order valence-electron chi connectivity index (χ4n) is 5.06. The molecule has 1 atom stereocenters. The molecule has 1 heterocycles. The summed E-state index contributed by atoms with van der Waals surface area (Å²) in [6, 6.07) is 21.0. The van der Waals surface area contributed by atoms with Crippen molar-refractivity contribution < 1.29 is 19.1 Å². The normalized spacial score (nSPS) is 14.3. The number of anilines is 1. The molecule has 1 fully saturated rings. The van der Waals surface area contributed by atoms with Crippen molar-refractivity contribution in [2.24, 2.45) is 0 Å². The van der Waals surface area contributed by atoms with E-state index in [0.29, 0.717) is 28.3 Å². The molecule has 0 bridgehead atoms. The van der Waals surface area contributed by atoms with Gasteiger partial charge in [-0.1, -0.05) is 54.5 Å². The zero-order valence-corrected chi connectivity index (χ0v) is 21.5. The number of carbonyl (C=O) groups is 2. The van der Waals surface area contributed by atoms with E-state index in [1.807, 2.05) is 54.6 Å². The third-order valence-electron chi connectivity index (χ3n) is 6.94. The predicted molar refractivity (Wildman–Crippen MR) is 144 cm³/mol. The number of benzene rings is 3. The number of ether oxygens (including phenoxy) is 2. The van der Waals surface area contributed by atoms with Crippen LogP contribution in [0.2, 0.25) is 0 Å². The number of aromatic nitrogens is 3. The molecule has 4 aromatic rings. The molecule has 1 aliphatic rings. The summed E-state index contributed by atoms with van der Waals surface area (Å²) in [5, 5.41) is 11.6. The van der Waals surface area contributed by atoms with E-state index >= 15 is 0 Å². The maximum atomic E-state index is 14.2. The van der Waals surface area contributed by atoms with Gasteiger partial charge in [0.15, 0.2) is 0 Å². The van der Waals surface area contributed by atoms with Crippen molar-refractivity contribution in [2.75, 3.05) is 19.1 Å². The van der Waals surface area contributed by atoms with Crippen LogP contribution in [0, 0.1) is 0 Å². The van der Waals surface area contributed by atoms with Gasteiger partial charge >= 0.3 is 0 Å². The third-order valence-corrected chi connectivity index (χ3v) is 6.94. The van der Waals surface area contributed by atoms with Gasteiger partial charge in [0.05, 0.1) is 25.4 Å². The molecule has 0 spiro atoms. The number of carbonyl (C=O) groups excluding carboxylic acids is 2. The summed E-state index contributed by atoms with van der Waals surface area (Å²) >= 11 is 0. The molecule has 9 nitrogen and oxygen atoms in total. The molecule has 1 aliphatic carbocycles. The van der Waals surface area contributed by atoms with Crippen LogP contribution in [0.25, 0.3) is 11.0 Å². The van der Waals surface area contributed by atoms with Crippen LogP contribution < -0.4 is 19.7 Å². The summed E-state index contributed by atoms with van der Waals surface area (Å²) in [7, 11) is 3.12. The third kappa shape index (κ3) is 5.18. The first-order valence-electron chi connectivity index (χ1n) is 12.8. The number of hydrogen-bond donors (Lipinski definition) is 1. The van der Waals surface area contributed by atoms with Gasteiger partial charge in [-0.25, -0.2) is 4.68 Å². The average Bonchev–Trinajstić information content (AvgIpc) is 3.61. The summed E-state index contributed by atoms with van der Waals surface area (Å²) < 4.78 is 12.7. The van der Waals surface area contributed by atoms with Crippen LogP contribution in [0.5, 0.6) is 11.5 Å². The smallest absolute Gasteiger partial charge is 0.249 e. The lowest BCUT2D eigenvalue weighted by Gasteiger charge is -2.33. The van der Waals surface area contributed by atoms with E-state index < -0.39 is 6.04 Å². The summed E-state index contributed by atoms with van der Waals surface area (Å²) in [5.41, 5.74) is 2.53. The monoisotopic (exact) mass is 513 g/mol. The molecular weight excluding hydrogens is 482 g/mol. The molecule has 38 heavy (non-hydrogen) atoms. The SMILES string of the molecule is COc1cccc([C@H](C(=O)NC2CCCC2)N(C(=O)Cn2nnc3ccccc32)c2ccccc2OC)c1. The highest BCUT2D eigenvalue weighted by atomic mass is 16.5. The van der Waals surface area contributed by atoms with E-state index in [0.717, 1.165) is 31.2 Å². The second-order valence-electron chi connectivity index (χ2n) is 9.34. The van der Waals surface area contributed by atoms with E-state index in [1.165, 1.54) is 4.90 Å². The number of hydrogen-bond acceptors (Lipinski definition) is 6. The first-order valence-corrected chi connectivity index (χ1v) is 12.8. The van der Waals surface area contributed by atoms with Crippen molar-refractivity contribution >= 4 is 28.5 Å². The minimum atomic E-state index is -0.968. The van der Waals surface area contributed by atoms with E-state index in [9.17, 15) is 9.59 Å². The Morgan fingerprint density at radius 1 is 1.00 bits per heavy atom. The largest absolute Gasteiger partial charge is 0.497 e. The van der Waals surface area contributed by atoms with Crippen molar-refractivity contribution in [1.29, 1.82) is 0 Å². The minimum Gasteiger partial charge on any atom is -0.497 e. The van der Waals surface area contributed by atoms with Gasteiger partial charge in [-0.3, -0.25) is 14.5 Å². The van der Waals surface area contributed by atoms with Crippen LogP contribution in [-0.4, -0.2) is 47.1 Å². The summed E-state index contributed by atoms with van der Waals surface area (Å²) in [4.78, 5) is 29.7.